The molecule has 0 aliphatic carbocycles. The van der Waals surface area contributed by atoms with Crippen LogP contribution in [-0.4, -0.2) is 19.9 Å². The molecule has 1 aromatic heterocycles. The molecule has 1 rings (SSSR count). The molecule has 1 aromatic rings. The maximum Gasteiger partial charge on any atom is 0.243 e. The predicted molar refractivity (Wildman–Crippen MR) is 87.0 cm³/mol. The summed E-state index contributed by atoms with van der Waals surface area (Å²) >= 11 is 5.80. The molecule has 0 aliphatic rings. The van der Waals surface area contributed by atoms with Crippen LogP contribution in [0.5, 0.6) is 0 Å². The minimum absolute atomic E-state index is 0.0147. The third-order valence-corrected chi connectivity index (χ3v) is 5.24. The molecule has 0 radical (unpaired) electrons. The van der Waals surface area contributed by atoms with Crippen LogP contribution in [0.2, 0.25) is 5.15 Å². The lowest BCUT2D eigenvalue weighted by Crippen LogP contribution is -2.25. The number of halogens is 1. The van der Waals surface area contributed by atoms with Gasteiger partial charge in [-0.2, -0.15) is 0 Å². The number of unbranched alkanes of at least 4 members (excludes halogenated alkanes) is 7. The first-order valence-electron chi connectivity index (χ1n) is 7.68. The smallest absolute Gasteiger partial charge is 0.243 e. The van der Waals surface area contributed by atoms with Crippen molar-refractivity contribution >= 4 is 21.6 Å². The van der Waals surface area contributed by atoms with Crippen LogP contribution in [-0.2, 0) is 10.0 Å². The van der Waals surface area contributed by atoms with Crippen molar-refractivity contribution in [3.63, 3.8) is 0 Å². The van der Waals surface area contributed by atoms with Gasteiger partial charge in [0, 0.05) is 12.7 Å². The largest absolute Gasteiger partial charge is 0.243 e. The van der Waals surface area contributed by atoms with Crippen LogP contribution < -0.4 is 4.72 Å². The average molecular weight is 333 g/mol. The van der Waals surface area contributed by atoms with Crippen LogP contribution in [0.25, 0.3) is 0 Å². The fourth-order valence-electron chi connectivity index (χ4n) is 2.11. The number of hydrogen-bond donors (Lipinski definition) is 1. The van der Waals surface area contributed by atoms with Crippen LogP contribution in [0.15, 0.2) is 23.2 Å². The van der Waals surface area contributed by atoms with Gasteiger partial charge in [0.05, 0.1) is 0 Å². The summed E-state index contributed by atoms with van der Waals surface area (Å²) in [5.41, 5.74) is 0. The van der Waals surface area contributed by atoms with Crippen molar-refractivity contribution in [2.75, 3.05) is 6.54 Å². The normalized spacial score (nSPS) is 11.7. The van der Waals surface area contributed by atoms with Gasteiger partial charge in [-0.1, -0.05) is 63.5 Å². The van der Waals surface area contributed by atoms with E-state index >= 15 is 0 Å². The second-order valence-corrected chi connectivity index (χ2v) is 7.26. The van der Waals surface area contributed by atoms with E-state index in [9.17, 15) is 8.42 Å². The SMILES string of the molecule is CCCCCCCCCCNS(=O)(=O)c1cccnc1Cl. The van der Waals surface area contributed by atoms with Gasteiger partial charge >= 0.3 is 0 Å². The number of pyridine rings is 1. The summed E-state index contributed by atoms with van der Waals surface area (Å²) < 4.78 is 26.6. The summed E-state index contributed by atoms with van der Waals surface area (Å²) in [5.74, 6) is 0. The van der Waals surface area contributed by atoms with Crippen LogP contribution in [0, 0.1) is 0 Å². The predicted octanol–water partition coefficient (Wildman–Crippen LogP) is 4.15. The van der Waals surface area contributed by atoms with E-state index in [-0.39, 0.29) is 10.0 Å². The first-order valence-corrected chi connectivity index (χ1v) is 9.54. The highest BCUT2D eigenvalue weighted by atomic mass is 35.5. The van der Waals surface area contributed by atoms with Gasteiger partial charge in [-0.05, 0) is 18.6 Å². The van der Waals surface area contributed by atoms with Gasteiger partial charge in [0.1, 0.15) is 10.0 Å². The van der Waals surface area contributed by atoms with E-state index in [2.05, 4.69) is 16.6 Å². The molecule has 1 N–H and O–H groups in total. The molecule has 4 nitrogen and oxygen atoms in total. The van der Waals surface area contributed by atoms with Gasteiger partial charge in [0.2, 0.25) is 10.0 Å². The minimum atomic E-state index is -3.54. The van der Waals surface area contributed by atoms with Crippen LogP contribution in [0.3, 0.4) is 0 Å². The molecule has 0 aromatic carbocycles. The second kappa shape index (κ2) is 10.1. The Hall–Kier alpha value is -0.650. The molecule has 1 heterocycles. The summed E-state index contributed by atoms with van der Waals surface area (Å²) in [4.78, 5) is 3.83. The molecule has 120 valence electrons. The lowest BCUT2D eigenvalue weighted by atomic mass is 10.1. The highest BCUT2D eigenvalue weighted by molar-refractivity contribution is 7.89. The number of aromatic nitrogens is 1. The van der Waals surface area contributed by atoms with Crippen molar-refractivity contribution in [3.05, 3.63) is 23.5 Å². The Labute approximate surface area is 133 Å². The van der Waals surface area contributed by atoms with Crippen LogP contribution >= 0.6 is 11.6 Å². The highest BCUT2D eigenvalue weighted by Gasteiger charge is 2.17. The first kappa shape index (κ1) is 18.4. The summed E-state index contributed by atoms with van der Waals surface area (Å²) in [6.07, 6.45) is 10.9. The van der Waals surface area contributed by atoms with Gasteiger partial charge in [0.25, 0.3) is 0 Å². The standard InChI is InChI=1S/C15H25ClN2O2S/c1-2-3-4-5-6-7-8-9-13-18-21(19,20)14-11-10-12-17-15(14)16/h10-12,18H,2-9,13H2,1H3. The molecular formula is C15H25ClN2O2S. The minimum Gasteiger partial charge on any atom is -0.243 e. The molecule has 0 saturated heterocycles. The number of rotatable bonds is 11. The van der Waals surface area contributed by atoms with Crippen molar-refractivity contribution < 1.29 is 8.42 Å². The Morgan fingerprint density at radius 1 is 1.10 bits per heavy atom. The van der Waals surface area contributed by atoms with Crippen LogP contribution in [0.1, 0.15) is 58.3 Å². The summed E-state index contributed by atoms with van der Waals surface area (Å²) in [6, 6.07) is 3.03. The lowest BCUT2D eigenvalue weighted by molar-refractivity contribution is 0.559. The molecule has 6 heteroatoms. The van der Waals surface area contributed by atoms with E-state index in [0.29, 0.717) is 6.54 Å². The molecule has 0 saturated carbocycles. The molecule has 0 fully saturated rings. The van der Waals surface area contributed by atoms with E-state index in [4.69, 9.17) is 11.6 Å². The molecule has 21 heavy (non-hydrogen) atoms. The molecule has 0 spiro atoms. The summed E-state index contributed by atoms with van der Waals surface area (Å²) in [7, 11) is -3.54. The number of sulfonamides is 1. The summed E-state index contributed by atoms with van der Waals surface area (Å²) in [6.45, 7) is 2.66. The molecule has 0 atom stereocenters. The topological polar surface area (TPSA) is 59.1 Å². The zero-order valence-electron chi connectivity index (χ0n) is 12.6. The average Bonchev–Trinajstić information content (AvgIpc) is 2.46. The van der Waals surface area contributed by atoms with Gasteiger partial charge in [-0.15, -0.1) is 0 Å². The van der Waals surface area contributed by atoms with Gasteiger partial charge in [-0.3, -0.25) is 0 Å². The molecule has 0 unspecified atom stereocenters. The van der Waals surface area contributed by atoms with E-state index in [1.807, 2.05) is 0 Å². The third kappa shape index (κ3) is 7.25. The maximum atomic E-state index is 12.0. The number of nitrogens with one attached hydrogen (secondary N) is 1. The Morgan fingerprint density at radius 2 is 1.71 bits per heavy atom. The molecular weight excluding hydrogens is 308 g/mol. The second-order valence-electron chi connectivity index (χ2n) is 5.16. The number of nitrogens with zero attached hydrogens (tertiary/aromatic N) is 1. The lowest BCUT2D eigenvalue weighted by Gasteiger charge is -2.07. The first-order chi connectivity index (χ1) is 10.1. The Balaban J connectivity index is 2.19. The van der Waals surface area contributed by atoms with Crippen molar-refractivity contribution in [2.24, 2.45) is 0 Å². The van der Waals surface area contributed by atoms with Crippen molar-refractivity contribution in [2.45, 2.75) is 63.2 Å². The molecule has 0 amide bonds. The van der Waals surface area contributed by atoms with Crippen molar-refractivity contribution in [1.82, 2.24) is 9.71 Å². The van der Waals surface area contributed by atoms with E-state index in [1.54, 1.807) is 6.07 Å². The Bertz CT molecular complexity index is 506. The Kier molecular flexibility index (Phi) is 8.88. The molecule has 0 bridgehead atoms. The van der Waals surface area contributed by atoms with E-state index in [1.165, 1.54) is 50.8 Å². The van der Waals surface area contributed by atoms with E-state index < -0.39 is 10.0 Å². The fraction of sp³-hybridized carbons (Fsp3) is 0.667. The molecule has 0 aliphatic heterocycles. The zero-order valence-corrected chi connectivity index (χ0v) is 14.2. The maximum absolute atomic E-state index is 12.0. The van der Waals surface area contributed by atoms with Crippen molar-refractivity contribution in [3.8, 4) is 0 Å². The monoisotopic (exact) mass is 332 g/mol. The van der Waals surface area contributed by atoms with Crippen LogP contribution in [0.4, 0.5) is 0 Å². The fourth-order valence-corrected chi connectivity index (χ4v) is 3.64. The number of hydrogen-bond acceptors (Lipinski definition) is 3. The summed E-state index contributed by atoms with van der Waals surface area (Å²) in [5, 5.41) is 0.0147. The zero-order chi connectivity index (χ0) is 15.6. The quantitative estimate of drug-likeness (QED) is 0.489. The Morgan fingerprint density at radius 3 is 2.33 bits per heavy atom. The van der Waals surface area contributed by atoms with Gasteiger partial charge < -0.3 is 0 Å². The van der Waals surface area contributed by atoms with E-state index in [0.717, 1.165) is 12.8 Å². The van der Waals surface area contributed by atoms with Gasteiger partial charge in [0.15, 0.2) is 0 Å². The third-order valence-electron chi connectivity index (χ3n) is 3.34. The van der Waals surface area contributed by atoms with Crippen molar-refractivity contribution in [1.29, 1.82) is 0 Å². The van der Waals surface area contributed by atoms with Gasteiger partial charge in [-0.25, -0.2) is 18.1 Å². The highest BCUT2D eigenvalue weighted by Crippen LogP contribution is 2.17.